The summed E-state index contributed by atoms with van der Waals surface area (Å²) in [6.07, 6.45) is 1.47. The molecule has 2 amide bonds. The van der Waals surface area contributed by atoms with E-state index in [0.717, 1.165) is 11.3 Å². The van der Waals surface area contributed by atoms with Crippen molar-refractivity contribution in [3.05, 3.63) is 88.6 Å². The number of piperazine rings is 1. The molecule has 0 radical (unpaired) electrons. The molecule has 1 aliphatic rings. The lowest BCUT2D eigenvalue weighted by molar-refractivity contribution is -0.129. The molecule has 3 heterocycles. The maximum Gasteiger partial charge on any atom is 0.289 e. The van der Waals surface area contributed by atoms with Crippen molar-refractivity contribution >= 4 is 34.5 Å². The topological polar surface area (TPSA) is 88.7 Å². The third-order valence-electron chi connectivity index (χ3n) is 6.08. The molecular formula is C26H24N4O4S. The molecule has 1 fully saturated rings. The van der Waals surface area contributed by atoms with Gasteiger partial charge < -0.3 is 14.2 Å². The summed E-state index contributed by atoms with van der Waals surface area (Å²) in [5, 5.41) is 1.01. The summed E-state index contributed by atoms with van der Waals surface area (Å²) >= 11 is 1.25. The van der Waals surface area contributed by atoms with Gasteiger partial charge in [-0.25, -0.2) is 4.98 Å². The number of furan rings is 1. The van der Waals surface area contributed by atoms with Crippen LogP contribution in [0.2, 0.25) is 0 Å². The highest BCUT2D eigenvalue weighted by Gasteiger charge is 2.26. The largest absolute Gasteiger partial charge is 0.459 e. The van der Waals surface area contributed by atoms with Crippen molar-refractivity contribution in [2.75, 3.05) is 31.9 Å². The highest BCUT2D eigenvalue weighted by atomic mass is 32.2. The number of fused-ring (bicyclic) bond motifs is 1. The molecule has 0 bridgehead atoms. The number of hydrogen-bond acceptors (Lipinski definition) is 6. The first-order valence-electron chi connectivity index (χ1n) is 11.3. The molecule has 0 aliphatic carbocycles. The van der Waals surface area contributed by atoms with Gasteiger partial charge in [-0.05, 0) is 42.8 Å². The Labute approximate surface area is 206 Å². The summed E-state index contributed by atoms with van der Waals surface area (Å²) in [7, 11) is 0. The summed E-state index contributed by atoms with van der Waals surface area (Å²) in [6.45, 7) is 3.72. The van der Waals surface area contributed by atoms with Gasteiger partial charge in [-0.3, -0.25) is 19.0 Å². The number of thioether (sulfide) groups is 1. The van der Waals surface area contributed by atoms with E-state index >= 15 is 0 Å². The van der Waals surface area contributed by atoms with Crippen LogP contribution in [0.25, 0.3) is 16.6 Å². The molecule has 5 rings (SSSR count). The second-order valence-electron chi connectivity index (χ2n) is 8.28. The minimum atomic E-state index is -0.168. The molecule has 0 saturated carbocycles. The standard InChI is InChI=1S/C26H24N4O4S/c1-18-7-2-5-10-21(18)30-24(32)19-8-3-4-9-20(19)27-26(30)35-17-23(31)28-12-14-29(15-13-28)25(33)22-11-6-16-34-22/h2-11,16H,12-15,17H2,1H3. The quantitative estimate of drug-likeness (QED) is 0.316. The lowest BCUT2D eigenvalue weighted by Gasteiger charge is -2.34. The van der Waals surface area contributed by atoms with Crippen molar-refractivity contribution in [2.24, 2.45) is 0 Å². The van der Waals surface area contributed by atoms with Crippen LogP contribution in [0.4, 0.5) is 0 Å². The predicted molar refractivity (Wildman–Crippen MR) is 134 cm³/mol. The number of para-hydroxylation sites is 2. The van der Waals surface area contributed by atoms with Gasteiger partial charge in [-0.2, -0.15) is 0 Å². The first-order valence-corrected chi connectivity index (χ1v) is 12.3. The van der Waals surface area contributed by atoms with Crippen molar-refractivity contribution in [3.8, 4) is 5.69 Å². The van der Waals surface area contributed by atoms with Crippen molar-refractivity contribution < 1.29 is 14.0 Å². The summed E-state index contributed by atoms with van der Waals surface area (Å²) < 4.78 is 6.79. The fraction of sp³-hybridized carbons (Fsp3) is 0.231. The molecule has 35 heavy (non-hydrogen) atoms. The average Bonchev–Trinajstić information content (AvgIpc) is 3.43. The van der Waals surface area contributed by atoms with Gasteiger partial charge in [0.15, 0.2) is 10.9 Å². The molecular weight excluding hydrogens is 464 g/mol. The van der Waals surface area contributed by atoms with Crippen LogP contribution < -0.4 is 5.56 Å². The zero-order valence-electron chi connectivity index (χ0n) is 19.2. The number of aromatic nitrogens is 2. The lowest BCUT2D eigenvalue weighted by atomic mass is 10.2. The second kappa shape index (κ2) is 9.79. The highest BCUT2D eigenvalue weighted by Crippen LogP contribution is 2.23. The van der Waals surface area contributed by atoms with Gasteiger partial charge in [0.2, 0.25) is 5.91 Å². The number of carbonyl (C=O) groups excluding carboxylic acids is 2. The zero-order chi connectivity index (χ0) is 24.4. The Morgan fingerprint density at radius 2 is 1.66 bits per heavy atom. The van der Waals surface area contributed by atoms with E-state index in [1.807, 2.05) is 43.3 Å². The number of rotatable bonds is 5. The van der Waals surface area contributed by atoms with Crippen LogP contribution in [0.3, 0.4) is 0 Å². The number of benzene rings is 2. The molecule has 0 N–H and O–H groups in total. The second-order valence-corrected chi connectivity index (χ2v) is 9.22. The fourth-order valence-electron chi connectivity index (χ4n) is 4.17. The van der Waals surface area contributed by atoms with Gasteiger partial charge in [0.05, 0.1) is 28.6 Å². The Morgan fingerprint density at radius 1 is 0.943 bits per heavy atom. The Kier molecular flexibility index (Phi) is 6.41. The fourth-order valence-corrected chi connectivity index (χ4v) is 5.08. The molecule has 1 aliphatic heterocycles. The van der Waals surface area contributed by atoms with Crippen LogP contribution in [0.15, 0.2) is 81.3 Å². The van der Waals surface area contributed by atoms with Gasteiger partial charge in [0, 0.05) is 26.2 Å². The summed E-state index contributed by atoms with van der Waals surface area (Å²) in [5.41, 5.74) is 2.13. The lowest BCUT2D eigenvalue weighted by Crippen LogP contribution is -2.51. The monoisotopic (exact) mass is 488 g/mol. The number of hydrogen-bond donors (Lipinski definition) is 0. The molecule has 2 aromatic carbocycles. The molecule has 178 valence electrons. The first-order chi connectivity index (χ1) is 17.0. The highest BCUT2D eigenvalue weighted by molar-refractivity contribution is 7.99. The Bertz CT molecular complexity index is 1440. The molecule has 9 heteroatoms. The third-order valence-corrected chi connectivity index (χ3v) is 7.00. The van der Waals surface area contributed by atoms with Gasteiger partial charge in [0.25, 0.3) is 11.5 Å². The molecule has 2 aromatic heterocycles. The van der Waals surface area contributed by atoms with Gasteiger partial charge >= 0.3 is 0 Å². The van der Waals surface area contributed by atoms with Crippen LogP contribution >= 0.6 is 11.8 Å². The minimum Gasteiger partial charge on any atom is -0.459 e. The zero-order valence-corrected chi connectivity index (χ0v) is 20.0. The molecule has 8 nitrogen and oxygen atoms in total. The molecule has 1 saturated heterocycles. The molecule has 4 aromatic rings. The van der Waals surface area contributed by atoms with Gasteiger partial charge in [-0.1, -0.05) is 42.1 Å². The smallest absolute Gasteiger partial charge is 0.289 e. The van der Waals surface area contributed by atoms with E-state index in [1.54, 1.807) is 38.6 Å². The van der Waals surface area contributed by atoms with E-state index < -0.39 is 0 Å². The van der Waals surface area contributed by atoms with E-state index in [9.17, 15) is 14.4 Å². The minimum absolute atomic E-state index is 0.0566. The van der Waals surface area contributed by atoms with Crippen molar-refractivity contribution in [2.45, 2.75) is 12.1 Å². The predicted octanol–water partition coefficient (Wildman–Crippen LogP) is 3.36. The van der Waals surface area contributed by atoms with Gasteiger partial charge in [-0.15, -0.1) is 0 Å². The first kappa shape index (κ1) is 22.9. The van der Waals surface area contributed by atoms with Crippen molar-refractivity contribution in [1.29, 1.82) is 0 Å². The Hall–Kier alpha value is -3.85. The van der Waals surface area contributed by atoms with Crippen LogP contribution in [-0.2, 0) is 4.79 Å². The number of amides is 2. The van der Waals surface area contributed by atoms with E-state index in [4.69, 9.17) is 9.40 Å². The maximum atomic E-state index is 13.4. The number of aryl methyl sites for hydroxylation is 1. The van der Waals surface area contributed by atoms with Crippen LogP contribution in [0.5, 0.6) is 0 Å². The summed E-state index contributed by atoms with van der Waals surface area (Å²) in [6, 6.07) is 18.2. The normalized spacial score (nSPS) is 13.9. The summed E-state index contributed by atoms with van der Waals surface area (Å²) in [5.74, 6) is 0.220. The third kappa shape index (κ3) is 4.59. The van der Waals surface area contributed by atoms with E-state index in [1.165, 1.54) is 18.0 Å². The van der Waals surface area contributed by atoms with E-state index in [0.29, 0.717) is 48.0 Å². The van der Waals surface area contributed by atoms with Crippen molar-refractivity contribution in [1.82, 2.24) is 19.4 Å². The van der Waals surface area contributed by atoms with Crippen molar-refractivity contribution in [3.63, 3.8) is 0 Å². The van der Waals surface area contributed by atoms with E-state index in [-0.39, 0.29) is 23.1 Å². The number of nitrogens with zero attached hydrogens (tertiary/aromatic N) is 4. The van der Waals surface area contributed by atoms with Crippen LogP contribution in [0.1, 0.15) is 16.1 Å². The van der Waals surface area contributed by atoms with Gasteiger partial charge in [0.1, 0.15) is 0 Å². The van der Waals surface area contributed by atoms with E-state index in [2.05, 4.69) is 0 Å². The number of carbonyl (C=O) groups is 2. The molecule has 0 atom stereocenters. The molecule has 0 unspecified atom stereocenters. The SMILES string of the molecule is Cc1ccccc1-n1c(SCC(=O)N2CCN(C(=O)c3ccco3)CC2)nc2ccccc2c1=O. The Morgan fingerprint density at radius 3 is 2.40 bits per heavy atom. The summed E-state index contributed by atoms with van der Waals surface area (Å²) in [4.78, 5) is 47.1. The van der Waals surface area contributed by atoms with Crippen LogP contribution in [-0.4, -0.2) is 63.1 Å². The maximum absolute atomic E-state index is 13.4. The Balaban J connectivity index is 1.33. The molecule has 0 spiro atoms. The average molecular weight is 489 g/mol. The van der Waals surface area contributed by atoms with Crippen LogP contribution in [0, 0.1) is 6.92 Å².